The Balaban J connectivity index is 3.87. The monoisotopic (exact) mass is 283 g/mol. The molecule has 0 aromatic rings. The van der Waals surface area contributed by atoms with Gasteiger partial charge >= 0.3 is 6.18 Å². The predicted octanol–water partition coefficient (Wildman–Crippen LogP) is 4.01. The van der Waals surface area contributed by atoms with Crippen molar-refractivity contribution in [3.8, 4) is 0 Å². The molecule has 19 heavy (non-hydrogen) atoms. The largest absolute Gasteiger partial charge is 0.411 e. The molecule has 0 aromatic carbocycles. The summed E-state index contributed by atoms with van der Waals surface area (Å²) >= 11 is 0. The first-order chi connectivity index (χ1) is 8.67. The highest BCUT2D eigenvalue weighted by molar-refractivity contribution is 4.76. The van der Waals surface area contributed by atoms with E-state index in [0.29, 0.717) is 12.3 Å². The van der Waals surface area contributed by atoms with Gasteiger partial charge in [0.2, 0.25) is 0 Å². The number of halogens is 3. The van der Waals surface area contributed by atoms with E-state index in [4.69, 9.17) is 0 Å². The van der Waals surface area contributed by atoms with Gasteiger partial charge in [-0.2, -0.15) is 13.2 Å². The third-order valence-corrected chi connectivity index (χ3v) is 3.15. The number of ether oxygens (including phenoxy) is 1. The molecular weight excluding hydrogens is 255 g/mol. The highest BCUT2D eigenvalue weighted by Gasteiger charge is 2.27. The predicted molar refractivity (Wildman–Crippen MR) is 72.2 cm³/mol. The molecule has 0 saturated heterocycles. The van der Waals surface area contributed by atoms with Gasteiger partial charge in [-0.3, -0.25) is 0 Å². The standard InChI is InChI=1S/C14H28F3NO/c1-5-8-18-10-12(13(2,3)4)7-6-9-19-11-14(15,16)17/h12,18H,5-11H2,1-4H3. The molecular formula is C14H28F3NO. The lowest BCUT2D eigenvalue weighted by Gasteiger charge is -2.31. The van der Waals surface area contributed by atoms with Gasteiger partial charge in [-0.15, -0.1) is 0 Å². The Bertz CT molecular complexity index is 224. The number of alkyl halides is 3. The van der Waals surface area contributed by atoms with Crippen LogP contribution in [-0.2, 0) is 4.74 Å². The van der Waals surface area contributed by atoms with Gasteiger partial charge in [0, 0.05) is 6.61 Å². The molecule has 0 aliphatic heterocycles. The summed E-state index contributed by atoms with van der Waals surface area (Å²) in [6.45, 7) is 9.56. The van der Waals surface area contributed by atoms with Crippen LogP contribution in [0.15, 0.2) is 0 Å². The van der Waals surface area contributed by atoms with Crippen LogP contribution in [0.2, 0.25) is 0 Å². The van der Waals surface area contributed by atoms with Gasteiger partial charge in [0.15, 0.2) is 0 Å². The highest BCUT2D eigenvalue weighted by Crippen LogP contribution is 2.29. The number of hydrogen-bond donors (Lipinski definition) is 1. The second-order valence-corrected chi connectivity index (χ2v) is 6.08. The van der Waals surface area contributed by atoms with Gasteiger partial charge in [0.25, 0.3) is 0 Å². The van der Waals surface area contributed by atoms with E-state index in [1.165, 1.54) is 0 Å². The van der Waals surface area contributed by atoms with Crippen LogP contribution in [0.4, 0.5) is 13.2 Å². The Morgan fingerprint density at radius 2 is 1.79 bits per heavy atom. The van der Waals surface area contributed by atoms with Crippen LogP contribution in [0.25, 0.3) is 0 Å². The van der Waals surface area contributed by atoms with Crippen LogP contribution in [0.3, 0.4) is 0 Å². The van der Waals surface area contributed by atoms with Crippen LogP contribution in [0.1, 0.15) is 47.0 Å². The van der Waals surface area contributed by atoms with Crippen molar-refractivity contribution in [2.24, 2.45) is 11.3 Å². The molecule has 1 unspecified atom stereocenters. The zero-order valence-electron chi connectivity index (χ0n) is 12.6. The van der Waals surface area contributed by atoms with Gasteiger partial charge in [-0.1, -0.05) is 27.7 Å². The highest BCUT2D eigenvalue weighted by atomic mass is 19.4. The maximum atomic E-state index is 11.9. The maximum Gasteiger partial charge on any atom is 0.411 e. The van der Waals surface area contributed by atoms with Crippen molar-refractivity contribution in [3.63, 3.8) is 0 Å². The molecule has 1 atom stereocenters. The molecule has 116 valence electrons. The first-order valence-electron chi connectivity index (χ1n) is 7.02. The fourth-order valence-electron chi connectivity index (χ4n) is 1.91. The number of rotatable bonds is 9. The van der Waals surface area contributed by atoms with E-state index in [1.54, 1.807) is 0 Å². The summed E-state index contributed by atoms with van der Waals surface area (Å²) in [5, 5.41) is 3.39. The van der Waals surface area contributed by atoms with Crippen molar-refractivity contribution >= 4 is 0 Å². The molecule has 0 bridgehead atoms. The molecule has 0 rings (SSSR count). The smallest absolute Gasteiger partial charge is 0.372 e. The molecule has 1 N–H and O–H groups in total. The van der Waals surface area contributed by atoms with Crippen molar-refractivity contribution in [1.29, 1.82) is 0 Å². The fraction of sp³-hybridized carbons (Fsp3) is 1.00. The number of hydrogen-bond acceptors (Lipinski definition) is 2. The first-order valence-corrected chi connectivity index (χ1v) is 7.02. The normalized spacial score (nSPS) is 14.7. The van der Waals surface area contributed by atoms with Crippen molar-refractivity contribution in [2.45, 2.75) is 53.1 Å². The first kappa shape index (κ1) is 18.7. The summed E-state index contributed by atoms with van der Waals surface area (Å²) in [7, 11) is 0. The summed E-state index contributed by atoms with van der Waals surface area (Å²) in [4.78, 5) is 0. The van der Waals surface area contributed by atoms with Gasteiger partial charge in [-0.25, -0.2) is 0 Å². The van der Waals surface area contributed by atoms with Crippen molar-refractivity contribution in [1.82, 2.24) is 5.32 Å². The summed E-state index contributed by atoms with van der Waals surface area (Å²) in [5.74, 6) is 0.452. The second kappa shape index (κ2) is 8.80. The molecule has 5 heteroatoms. The molecule has 0 saturated carbocycles. The van der Waals surface area contributed by atoms with E-state index in [0.717, 1.165) is 25.9 Å². The fourth-order valence-corrected chi connectivity index (χ4v) is 1.91. The van der Waals surface area contributed by atoms with Crippen LogP contribution in [-0.4, -0.2) is 32.5 Å². The topological polar surface area (TPSA) is 21.3 Å². The van der Waals surface area contributed by atoms with Gasteiger partial charge < -0.3 is 10.1 Å². The lowest BCUT2D eigenvalue weighted by atomic mass is 9.78. The molecule has 0 radical (unpaired) electrons. The van der Waals surface area contributed by atoms with Crippen LogP contribution in [0, 0.1) is 11.3 Å². The molecule has 0 aromatic heterocycles. The lowest BCUT2D eigenvalue weighted by molar-refractivity contribution is -0.174. The molecule has 0 heterocycles. The molecule has 0 fully saturated rings. The zero-order valence-corrected chi connectivity index (χ0v) is 12.6. The lowest BCUT2D eigenvalue weighted by Crippen LogP contribution is -2.32. The molecule has 0 spiro atoms. The summed E-state index contributed by atoms with van der Waals surface area (Å²) in [6.07, 6.45) is -1.57. The molecule has 0 amide bonds. The van der Waals surface area contributed by atoms with Gasteiger partial charge in [0.05, 0.1) is 0 Å². The second-order valence-electron chi connectivity index (χ2n) is 6.08. The minimum atomic E-state index is -4.22. The summed E-state index contributed by atoms with van der Waals surface area (Å²) in [6, 6.07) is 0. The van der Waals surface area contributed by atoms with Crippen LogP contribution in [0.5, 0.6) is 0 Å². The number of nitrogens with one attached hydrogen (secondary N) is 1. The van der Waals surface area contributed by atoms with Gasteiger partial charge in [0.1, 0.15) is 6.61 Å². The Morgan fingerprint density at radius 1 is 1.16 bits per heavy atom. The third kappa shape index (κ3) is 11.3. The SMILES string of the molecule is CCCNCC(CCCOCC(F)(F)F)C(C)(C)C. The minimum absolute atomic E-state index is 0.158. The van der Waals surface area contributed by atoms with Gasteiger partial charge in [-0.05, 0) is 43.7 Å². The van der Waals surface area contributed by atoms with Crippen molar-refractivity contribution in [3.05, 3.63) is 0 Å². The Morgan fingerprint density at radius 3 is 2.26 bits per heavy atom. The van der Waals surface area contributed by atoms with E-state index < -0.39 is 12.8 Å². The van der Waals surface area contributed by atoms with Crippen molar-refractivity contribution in [2.75, 3.05) is 26.3 Å². The van der Waals surface area contributed by atoms with Crippen molar-refractivity contribution < 1.29 is 17.9 Å². The summed E-state index contributed by atoms with van der Waals surface area (Å²) in [5.41, 5.74) is 0.158. The summed E-state index contributed by atoms with van der Waals surface area (Å²) < 4.78 is 40.3. The Kier molecular flexibility index (Phi) is 8.66. The minimum Gasteiger partial charge on any atom is -0.372 e. The molecule has 0 aliphatic rings. The van der Waals surface area contributed by atoms with E-state index in [2.05, 4.69) is 37.7 Å². The average Bonchev–Trinajstić information content (AvgIpc) is 2.23. The van der Waals surface area contributed by atoms with E-state index in [1.807, 2.05) is 0 Å². The Labute approximate surface area is 115 Å². The maximum absolute atomic E-state index is 11.9. The van der Waals surface area contributed by atoms with E-state index in [-0.39, 0.29) is 12.0 Å². The molecule has 0 aliphatic carbocycles. The third-order valence-electron chi connectivity index (χ3n) is 3.15. The Hall–Kier alpha value is -0.290. The van der Waals surface area contributed by atoms with E-state index >= 15 is 0 Å². The van der Waals surface area contributed by atoms with Crippen LogP contribution >= 0.6 is 0 Å². The van der Waals surface area contributed by atoms with E-state index in [9.17, 15) is 13.2 Å². The quantitative estimate of drug-likeness (QED) is 0.646. The molecule has 2 nitrogen and oxygen atoms in total. The zero-order chi connectivity index (χ0) is 14.9. The van der Waals surface area contributed by atoms with Crippen LogP contribution < -0.4 is 5.32 Å². The average molecular weight is 283 g/mol.